The number of para-hydroxylation sites is 1. The summed E-state index contributed by atoms with van der Waals surface area (Å²) >= 11 is 3.27. The average molecular weight is 341 g/mol. The highest BCUT2D eigenvalue weighted by atomic mass is 79.9. The monoisotopic (exact) mass is 340 g/mol. The number of amides is 1. The molecule has 1 saturated carbocycles. The Hall–Kier alpha value is -0.940. The van der Waals surface area contributed by atoms with Gasteiger partial charge in [0, 0.05) is 10.5 Å². The largest absolute Gasteiger partial charge is 0.321 e. The molecular formula is C15H18BrFN2O. The molecule has 3 rings (SSSR count). The Labute approximate surface area is 126 Å². The predicted octanol–water partition coefficient (Wildman–Crippen LogP) is 3.45. The summed E-state index contributed by atoms with van der Waals surface area (Å²) in [6, 6.07) is 4.94. The normalized spacial score (nSPS) is 29.0. The van der Waals surface area contributed by atoms with Crippen LogP contribution in [0.2, 0.25) is 0 Å². The van der Waals surface area contributed by atoms with Crippen LogP contribution in [0.4, 0.5) is 10.1 Å². The van der Waals surface area contributed by atoms with Gasteiger partial charge in [0.05, 0.1) is 11.7 Å². The van der Waals surface area contributed by atoms with Gasteiger partial charge in [-0.2, -0.15) is 0 Å². The van der Waals surface area contributed by atoms with Gasteiger partial charge in [-0.3, -0.25) is 4.79 Å². The molecule has 1 aliphatic carbocycles. The molecule has 2 N–H and O–H groups in total. The zero-order chi connectivity index (χ0) is 14.1. The lowest BCUT2D eigenvalue weighted by atomic mass is 9.85. The minimum atomic E-state index is -0.414. The first-order valence-corrected chi connectivity index (χ1v) is 7.95. The number of carbonyl (C=O) groups is 1. The number of anilines is 1. The van der Waals surface area contributed by atoms with E-state index in [4.69, 9.17) is 0 Å². The highest BCUT2D eigenvalue weighted by molar-refractivity contribution is 9.10. The molecule has 2 fully saturated rings. The van der Waals surface area contributed by atoms with E-state index in [1.807, 2.05) is 0 Å². The molecule has 1 amide bonds. The molecule has 108 valence electrons. The van der Waals surface area contributed by atoms with Crippen LogP contribution in [0.15, 0.2) is 22.7 Å². The second-order valence-corrected chi connectivity index (χ2v) is 6.55. The van der Waals surface area contributed by atoms with Crippen LogP contribution in [0, 0.1) is 11.7 Å². The Morgan fingerprint density at radius 2 is 2.15 bits per heavy atom. The third-order valence-corrected chi connectivity index (χ3v) is 5.05. The highest BCUT2D eigenvalue weighted by Crippen LogP contribution is 2.34. The number of hydrogen-bond donors (Lipinski definition) is 2. The third kappa shape index (κ3) is 2.74. The van der Waals surface area contributed by atoms with Gasteiger partial charge in [0.25, 0.3) is 0 Å². The smallest absolute Gasteiger partial charge is 0.241 e. The fourth-order valence-electron chi connectivity index (χ4n) is 3.35. The SMILES string of the molecule is O=C(Nc1c(F)cccc1Br)C1CC2CCCCC2N1. The number of hydrogen-bond acceptors (Lipinski definition) is 2. The first kappa shape index (κ1) is 14.0. The van der Waals surface area contributed by atoms with Gasteiger partial charge >= 0.3 is 0 Å². The highest BCUT2D eigenvalue weighted by Gasteiger charge is 2.38. The quantitative estimate of drug-likeness (QED) is 0.865. The molecule has 1 saturated heterocycles. The second-order valence-electron chi connectivity index (χ2n) is 5.69. The standard InChI is InChI=1S/C15H18BrFN2O/c16-10-5-3-6-11(17)14(10)19-15(20)13-8-9-4-1-2-7-12(9)18-13/h3,5-6,9,12-13,18H,1-2,4,7-8H2,(H,19,20). The molecule has 1 aliphatic heterocycles. The molecule has 0 bridgehead atoms. The van der Waals surface area contributed by atoms with Crippen molar-refractivity contribution in [3.8, 4) is 0 Å². The van der Waals surface area contributed by atoms with E-state index in [1.54, 1.807) is 12.1 Å². The summed E-state index contributed by atoms with van der Waals surface area (Å²) in [6.07, 6.45) is 5.71. The number of rotatable bonds is 2. The number of carbonyl (C=O) groups excluding carboxylic acids is 1. The summed E-state index contributed by atoms with van der Waals surface area (Å²) in [5.41, 5.74) is 0.231. The summed E-state index contributed by atoms with van der Waals surface area (Å²) in [5, 5.41) is 6.11. The third-order valence-electron chi connectivity index (χ3n) is 4.39. The Balaban J connectivity index is 1.68. The molecule has 1 aromatic rings. The van der Waals surface area contributed by atoms with Crippen LogP contribution in [0.25, 0.3) is 0 Å². The van der Waals surface area contributed by atoms with E-state index >= 15 is 0 Å². The van der Waals surface area contributed by atoms with Gasteiger partial charge in [0.1, 0.15) is 5.82 Å². The lowest BCUT2D eigenvalue weighted by molar-refractivity contribution is -0.117. The fourth-order valence-corrected chi connectivity index (χ4v) is 3.79. The van der Waals surface area contributed by atoms with Crippen molar-refractivity contribution in [2.45, 2.75) is 44.2 Å². The minimum Gasteiger partial charge on any atom is -0.321 e. The molecule has 3 atom stereocenters. The molecule has 20 heavy (non-hydrogen) atoms. The topological polar surface area (TPSA) is 41.1 Å². The van der Waals surface area contributed by atoms with Crippen LogP contribution in [0.5, 0.6) is 0 Å². The summed E-state index contributed by atoms with van der Waals surface area (Å²) < 4.78 is 14.3. The lowest BCUT2D eigenvalue weighted by Crippen LogP contribution is -2.40. The zero-order valence-corrected chi connectivity index (χ0v) is 12.7. The first-order chi connectivity index (χ1) is 9.65. The predicted molar refractivity (Wildman–Crippen MR) is 80.0 cm³/mol. The van der Waals surface area contributed by atoms with E-state index in [0.29, 0.717) is 16.4 Å². The van der Waals surface area contributed by atoms with Crippen molar-refractivity contribution in [1.82, 2.24) is 5.32 Å². The Bertz CT molecular complexity index is 488. The molecule has 5 heteroatoms. The zero-order valence-electron chi connectivity index (χ0n) is 11.2. The molecule has 0 aromatic heterocycles. The minimum absolute atomic E-state index is 0.134. The van der Waals surface area contributed by atoms with Crippen molar-refractivity contribution in [3.05, 3.63) is 28.5 Å². The molecule has 0 spiro atoms. The Morgan fingerprint density at radius 1 is 1.35 bits per heavy atom. The number of benzene rings is 1. The van der Waals surface area contributed by atoms with Gasteiger partial charge in [0.2, 0.25) is 5.91 Å². The maximum Gasteiger partial charge on any atom is 0.241 e. The molecule has 1 aromatic carbocycles. The second kappa shape index (κ2) is 5.82. The van der Waals surface area contributed by atoms with Crippen molar-refractivity contribution in [2.24, 2.45) is 5.92 Å². The van der Waals surface area contributed by atoms with Crippen molar-refractivity contribution in [1.29, 1.82) is 0 Å². The first-order valence-electron chi connectivity index (χ1n) is 7.16. The molecule has 2 aliphatic rings. The van der Waals surface area contributed by atoms with E-state index in [1.165, 1.54) is 25.3 Å². The van der Waals surface area contributed by atoms with Gasteiger partial charge in [-0.1, -0.05) is 18.9 Å². The summed E-state index contributed by atoms with van der Waals surface area (Å²) in [5.74, 6) is 0.0527. The van der Waals surface area contributed by atoms with E-state index in [0.717, 1.165) is 12.8 Å². The van der Waals surface area contributed by atoms with Crippen LogP contribution in [-0.4, -0.2) is 18.0 Å². The van der Waals surface area contributed by atoms with Crippen LogP contribution >= 0.6 is 15.9 Å². The van der Waals surface area contributed by atoms with E-state index in [-0.39, 0.29) is 17.6 Å². The lowest BCUT2D eigenvalue weighted by Gasteiger charge is -2.24. The van der Waals surface area contributed by atoms with Gasteiger partial charge in [-0.05, 0) is 53.2 Å². The maximum atomic E-state index is 13.7. The van der Waals surface area contributed by atoms with Crippen LogP contribution in [0.3, 0.4) is 0 Å². The van der Waals surface area contributed by atoms with Crippen molar-refractivity contribution in [2.75, 3.05) is 5.32 Å². The van der Waals surface area contributed by atoms with Gasteiger partial charge in [-0.15, -0.1) is 0 Å². The van der Waals surface area contributed by atoms with Crippen LogP contribution < -0.4 is 10.6 Å². The van der Waals surface area contributed by atoms with Crippen molar-refractivity contribution < 1.29 is 9.18 Å². The number of halogens is 2. The number of nitrogens with one attached hydrogen (secondary N) is 2. The molecule has 1 heterocycles. The van der Waals surface area contributed by atoms with E-state index in [2.05, 4.69) is 26.6 Å². The molecule has 0 radical (unpaired) electrons. The number of fused-ring (bicyclic) bond motifs is 1. The summed E-state index contributed by atoms with van der Waals surface area (Å²) in [4.78, 5) is 12.3. The van der Waals surface area contributed by atoms with Crippen molar-refractivity contribution >= 4 is 27.5 Å². The Kier molecular flexibility index (Phi) is 4.08. The van der Waals surface area contributed by atoms with Gasteiger partial charge in [0.15, 0.2) is 0 Å². The molecule has 3 unspecified atom stereocenters. The van der Waals surface area contributed by atoms with Crippen LogP contribution in [-0.2, 0) is 4.79 Å². The molecule has 3 nitrogen and oxygen atoms in total. The van der Waals surface area contributed by atoms with Gasteiger partial charge < -0.3 is 10.6 Å². The van der Waals surface area contributed by atoms with E-state index in [9.17, 15) is 9.18 Å². The van der Waals surface area contributed by atoms with Gasteiger partial charge in [-0.25, -0.2) is 4.39 Å². The summed E-state index contributed by atoms with van der Waals surface area (Å²) in [7, 11) is 0. The van der Waals surface area contributed by atoms with E-state index < -0.39 is 5.82 Å². The van der Waals surface area contributed by atoms with Crippen molar-refractivity contribution in [3.63, 3.8) is 0 Å². The summed E-state index contributed by atoms with van der Waals surface area (Å²) in [6.45, 7) is 0. The van der Waals surface area contributed by atoms with Crippen LogP contribution in [0.1, 0.15) is 32.1 Å². The average Bonchev–Trinajstić information content (AvgIpc) is 2.87. The molecular weight excluding hydrogens is 323 g/mol. The fraction of sp³-hybridized carbons (Fsp3) is 0.533. The Morgan fingerprint density at radius 3 is 2.90 bits per heavy atom. The maximum absolute atomic E-state index is 13.7.